The standard InChI is InChI=1S/C15H18N2O2/c1-11-8-15(18-10-11)19-14-9-12(2)16-17(14)13-6-4-3-5-7-13/h3-7,9,11,15H,8,10H2,1-2H3. The van der Waals surface area contributed by atoms with Crippen LogP contribution in [0.4, 0.5) is 0 Å². The van der Waals surface area contributed by atoms with Crippen molar-refractivity contribution >= 4 is 0 Å². The zero-order valence-electron chi connectivity index (χ0n) is 11.2. The van der Waals surface area contributed by atoms with Crippen LogP contribution in [0, 0.1) is 12.8 Å². The maximum Gasteiger partial charge on any atom is 0.219 e. The van der Waals surface area contributed by atoms with Crippen LogP contribution in [0.2, 0.25) is 0 Å². The Bertz CT molecular complexity index is 551. The van der Waals surface area contributed by atoms with E-state index in [1.165, 1.54) is 0 Å². The van der Waals surface area contributed by atoms with Crippen molar-refractivity contribution in [3.8, 4) is 11.6 Å². The lowest BCUT2D eigenvalue weighted by Crippen LogP contribution is -2.16. The number of hydrogen-bond acceptors (Lipinski definition) is 3. The molecule has 1 aromatic heterocycles. The molecule has 2 aromatic rings. The number of aromatic nitrogens is 2. The second-order valence-electron chi connectivity index (χ2n) is 5.09. The molecule has 0 aliphatic carbocycles. The first-order chi connectivity index (χ1) is 9.22. The molecule has 1 saturated heterocycles. The van der Waals surface area contributed by atoms with Crippen LogP contribution in [0.3, 0.4) is 0 Å². The lowest BCUT2D eigenvalue weighted by molar-refractivity contribution is -0.0433. The van der Waals surface area contributed by atoms with Crippen LogP contribution in [0.1, 0.15) is 19.0 Å². The van der Waals surface area contributed by atoms with Crippen molar-refractivity contribution in [1.82, 2.24) is 9.78 Å². The monoisotopic (exact) mass is 258 g/mol. The Morgan fingerprint density at radius 3 is 2.79 bits per heavy atom. The summed E-state index contributed by atoms with van der Waals surface area (Å²) in [4.78, 5) is 0. The van der Waals surface area contributed by atoms with E-state index < -0.39 is 0 Å². The molecule has 0 spiro atoms. The molecule has 0 saturated carbocycles. The topological polar surface area (TPSA) is 36.3 Å². The van der Waals surface area contributed by atoms with Gasteiger partial charge in [0, 0.05) is 12.5 Å². The number of rotatable bonds is 3. The largest absolute Gasteiger partial charge is 0.448 e. The highest BCUT2D eigenvalue weighted by Crippen LogP contribution is 2.25. The average molecular weight is 258 g/mol. The molecule has 0 N–H and O–H groups in total. The van der Waals surface area contributed by atoms with Crippen molar-refractivity contribution in [2.45, 2.75) is 26.6 Å². The summed E-state index contributed by atoms with van der Waals surface area (Å²) < 4.78 is 13.4. The van der Waals surface area contributed by atoms with Crippen molar-refractivity contribution < 1.29 is 9.47 Å². The van der Waals surface area contributed by atoms with E-state index in [1.54, 1.807) is 0 Å². The number of hydrogen-bond donors (Lipinski definition) is 0. The molecule has 100 valence electrons. The SMILES string of the molecule is Cc1cc(OC2CC(C)CO2)n(-c2ccccc2)n1. The van der Waals surface area contributed by atoms with Gasteiger partial charge in [-0.3, -0.25) is 0 Å². The molecule has 1 aliphatic heterocycles. The average Bonchev–Trinajstić information content (AvgIpc) is 2.97. The summed E-state index contributed by atoms with van der Waals surface area (Å²) >= 11 is 0. The molecule has 0 bridgehead atoms. The minimum absolute atomic E-state index is 0.159. The zero-order valence-corrected chi connectivity index (χ0v) is 11.2. The van der Waals surface area contributed by atoms with Gasteiger partial charge in [0.2, 0.25) is 12.2 Å². The van der Waals surface area contributed by atoms with Gasteiger partial charge >= 0.3 is 0 Å². The maximum atomic E-state index is 5.93. The first kappa shape index (κ1) is 12.2. The predicted molar refractivity (Wildman–Crippen MR) is 72.5 cm³/mol. The number of para-hydroxylation sites is 1. The van der Waals surface area contributed by atoms with E-state index in [9.17, 15) is 0 Å². The van der Waals surface area contributed by atoms with Crippen LogP contribution < -0.4 is 4.74 Å². The molecule has 3 rings (SSSR count). The highest BCUT2D eigenvalue weighted by molar-refractivity contribution is 5.35. The first-order valence-corrected chi connectivity index (χ1v) is 6.63. The van der Waals surface area contributed by atoms with Crippen LogP contribution in [0.5, 0.6) is 5.88 Å². The van der Waals surface area contributed by atoms with Gasteiger partial charge in [-0.25, -0.2) is 4.68 Å². The van der Waals surface area contributed by atoms with E-state index in [-0.39, 0.29) is 6.29 Å². The van der Waals surface area contributed by atoms with Gasteiger partial charge in [-0.05, 0) is 25.0 Å². The van der Waals surface area contributed by atoms with Crippen LogP contribution in [0.25, 0.3) is 5.69 Å². The number of nitrogens with zero attached hydrogens (tertiary/aromatic N) is 2. The third-order valence-electron chi connectivity index (χ3n) is 3.21. The number of benzene rings is 1. The van der Waals surface area contributed by atoms with Crippen molar-refractivity contribution in [1.29, 1.82) is 0 Å². The van der Waals surface area contributed by atoms with E-state index in [1.807, 2.05) is 48.0 Å². The van der Waals surface area contributed by atoms with Gasteiger partial charge in [0.05, 0.1) is 18.0 Å². The summed E-state index contributed by atoms with van der Waals surface area (Å²) in [5, 5.41) is 4.48. The van der Waals surface area contributed by atoms with Gasteiger partial charge in [-0.1, -0.05) is 25.1 Å². The smallest absolute Gasteiger partial charge is 0.219 e. The molecule has 1 fully saturated rings. The fourth-order valence-corrected chi connectivity index (χ4v) is 2.27. The van der Waals surface area contributed by atoms with Crippen LogP contribution in [-0.4, -0.2) is 22.7 Å². The Morgan fingerprint density at radius 1 is 1.32 bits per heavy atom. The van der Waals surface area contributed by atoms with Gasteiger partial charge in [0.15, 0.2) is 0 Å². The Labute approximate surface area is 113 Å². The Hall–Kier alpha value is -1.81. The molecular weight excluding hydrogens is 240 g/mol. The lowest BCUT2D eigenvalue weighted by Gasteiger charge is -2.13. The normalized spacial score (nSPS) is 22.6. The summed E-state index contributed by atoms with van der Waals surface area (Å²) in [7, 11) is 0. The van der Waals surface area contributed by atoms with Gasteiger partial charge in [-0.15, -0.1) is 0 Å². The number of ether oxygens (including phenoxy) is 2. The Balaban J connectivity index is 1.85. The summed E-state index contributed by atoms with van der Waals surface area (Å²) in [6.07, 6.45) is 0.771. The third kappa shape index (κ3) is 2.63. The van der Waals surface area contributed by atoms with Gasteiger partial charge in [-0.2, -0.15) is 5.10 Å². The van der Waals surface area contributed by atoms with Crippen molar-refractivity contribution in [2.24, 2.45) is 5.92 Å². The molecule has 2 atom stereocenters. The van der Waals surface area contributed by atoms with Crippen molar-refractivity contribution in [3.05, 3.63) is 42.1 Å². The van der Waals surface area contributed by atoms with Crippen molar-refractivity contribution in [2.75, 3.05) is 6.61 Å². The third-order valence-corrected chi connectivity index (χ3v) is 3.21. The number of aryl methyl sites for hydroxylation is 1. The molecule has 19 heavy (non-hydrogen) atoms. The summed E-state index contributed by atoms with van der Waals surface area (Å²) in [5.41, 5.74) is 1.93. The fraction of sp³-hybridized carbons (Fsp3) is 0.400. The second-order valence-corrected chi connectivity index (χ2v) is 5.09. The van der Waals surface area contributed by atoms with Crippen LogP contribution >= 0.6 is 0 Å². The Kier molecular flexibility index (Phi) is 3.25. The second kappa shape index (κ2) is 5.05. The highest BCUT2D eigenvalue weighted by atomic mass is 16.7. The fourth-order valence-electron chi connectivity index (χ4n) is 2.27. The van der Waals surface area contributed by atoms with Crippen LogP contribution in [-0.2, 0) is 4.74 Å². The highest BCUT2D eigenvalue weighted by Gasteiger charge is 2.25. The molecule has 1 aliphatic rings. The summed E-state index contributed by atoms with van der Waals surface area (Å²) in [6.45, 7) is 4.90. The van der Waals surface area contributed by atoms with E-state index in [4.69, 9.17) is 9.47 Å². The van der Waals surface area contributed by atoms with E-state index in [0.29, 0.717) is 5.92 Å². The Morgan fingerprint density at radius 2 is 2.11 bits per heavy atom. The van der Waals surface area contributed by atoms with Gasteiger partial charge < -0.3 is 9.47 Å². The van der Waals surface area contributed by atoms with Gasteiger partial charge in [0.25, 0.3) is 0 Å². The molecule has 2 heterocycles. The van der Waals surface area contributed by atoms with E-state index >= 15 is 0 Å². The maximum absolute atomic E-state index is 5.93. The summed E-state index contributed by atoms with van der Waals surface area (Å²) in [5.74, 6) is 1.29. The molecule has 4 heteroatoms. The van der Waals surface area contributed by atoms with Gasteiger partial charge in [0.1, 0.15) is 0 Å². The lowest BCUT2D eigenvalue weighted by atomic mass is 10.1. The predicted octanol–water partition coefficient (Wildman–Crippen LogP) is 2.94. The minimum atomic E-state index is -0.159. The molecule has 2 unspecified atom stereocenters. The zero-order chi connectivity index (χ0) is 13.2. The molecule has 4 nitrogen and oxygen atoms in total. The van der Waals surface area contributed by atoms with E-state index in [2.05, 4.69) is 12.0 Å². The van der Waals surface area contributed by atoms with E-state index in [0.717, 1.165) is 30.3 Å². The first-order valence-electron chi connectivity index (χ1n) is 6.63. The summed E-state index contributed by atoms with van der Waals surface area (Å²) in [6, 6.07) is 11.9. The molecule has 0 radical (unpaired) electrons. The molecular formula is C15H18N2O2. The van der Waals surface area contributed by atoms with Crippen LogP contribution in [0.15, 0.2) is 36.4 Å². The molecule has 1 aromatic carbocycles. The molecule has 0 amide bonds. The minimum Gasteiger partial charge on any atom is -0.448 e. The van der Waals surface area contributed by atoms with Crippen molar-refractivity contribution in [3.63, 3.8) is 0 Å². The quantitative estimate of drug-likeness (QED) is 0.849.